The number of aldehydes is 1. The van der Waals surface area contributed by atoms with E-state index in [0.717, 1.165) is 31.5 Å². The predicted molar refractivity (Wildman–Crippen MR) is 72.6 cm³/mol. The van der Waals surface area contributed by atoms with Gasteiger partial charge in [0.1, 0.15) is 6.29 Å². The molecule has 2 unspecified atom stereocenters. The number of hydrogen-bond donors (Lipinski definition) is 0. The summed E-state index contributed by atoms with van der Waals surface area (Å²) in [7, 11) is 0. The van der Waals surface area contributed by atoms with Crippen molar-refractivity contribution in [3.63, 3.8) is 0 Å². The molecule has 1 aliphatic carbocycles. The quantitative estimate of drug-likeness (QED) is 0.712. The average Bonchev–Trinajstić information content (AvgIpc) is 2.85. The van der Waals surface area contributed by atoms with E-state index >= 15 is 0 Å². The van der Waals surface area contributed by atoms with Crippen LogP contribution < -0.4 is 0 Å². The van der Waals surface area contributed by atoms with Gasteiger partial charge >= 0.3 is 0 Å². The fourth-order valence-electron chi connectivity index (χ4n) is 4.16. The largest absolute Gasteiger partial charge is 0.303 e. The SMILES string of the molecule is CC(C)N1CC2CC(C1)N2CC1(C=O)CCCC1. The maximum atomic E-state index is 11.5. The molecule has 4 fully saturated rings. The Morgan fingerprint density at radius 2 is 1.83 bits per heavy atom. The molecular formula is C15H26N2O. The molecule has 3 saturated heterocycles. The van der Waals surface area contributed by atoms with Crippen molar-refractivity contribution in [3.05, 3.63) is 0 Å². The zero-order chi connectivity index (χ0) is 12.8. The minimum Gasteiger partial charge on any atom is -0.303 e. The van der Waals surface area contributed by atoms with Gasteiger partial charge in [-0.25, -0.2) is 0 Å². The molecule has 18 heavy (non-hydrogen) atoms. The number of fused-ring (bicyclic) bond motifs is 2. The van der Waals surface area contributed by atoms with Gasteiger partial charge in [0, 0.05) is 43.2 Å². The summed E-state index contributed by atoms with van der Waals surface area (Å²) in [6.45, 7) is 8.04. The normalized spacial score (nSPS) is 35.7. The lowest BCUT2D eigenvalue weighted by molar-refractivity contribution is -0.126. The molecule has 3 aliphatic heterocycles. The molecule has 0 aromatic heterocycles. The van der Waals surface area contributed by atoms with Crippen molar-refractivity contribution in [2.45, 2.75) is 64.1 Å². The van der Waals surface area contributed by atoms with E-state index in [1.54, 1.807) is 0 Å². The Morgan fingerprint density at radius 1 is 1.22 bits per heavy atom. The molecule has 0 radical (unpaired) electrons. The minimum absolute atomic E-state index is 0.0108. The van der Waals surface area contributed by atoms with Crippen LogP contribution in [0.25, 0.3) is 0 Å². The van der Waals surface area contributed by atoms with Crippen LogP contribution in [0, 0.1) is 5.41 Å². The van der Waals surface area contributed by atoms with Gasteiger partial charge in [0.25, 0.3) is 0 Å². The molecular weight excluding hydrogens is 224 g/mol. The summed E-state index contributed by atoms with van der Waals surface area (Å²) >= 11 is 0. The van der Waals surface area contributed by atoms with Crippen LogP contribution in [0.5, 0.6) is 0 Å². The highest BCUT2D eigenvalue weighted by atomic mass is 16.1. The summed E-state index contributed by atoms with van der Waals surface area (Å²) in [4.78, 5) is 16.7. The van der Waals surface area contributed by atoms with Crippen LogP contribution in [0.2, 0.25) is 0 Å². The lowest BCUT2D eigenvalue weighted by atomic mass is 9.80. The van der Waals surface area contributed by atoms with Crippen LogP contribution in [0.4, 0.5) is 0 Å². The molecule has 3 nitrogen and oxygen atoms in total. The first kappa shape index (κ1) is 12.6. The van der Waals surface area contributed by atoms with Crippen LogP contribution in [0.3, 0.4) is 0 Å². The fourth-order valence-corrected chi connectivity index (χ4v) is 4.16. The smallest absolute Gasteiger partial charge is 0.127 e. The van der Waals surface area contributed by atoms with E-state index in [4.69, 9.17) is 0 Å². The van der Waals surface area contributed by atoms with Crippen molar-refractivity contribution >= 4 is 6.29 Å². The van der Waals surface area contributed by atoms with Crippen LogP contribution in [0.15, 0.2) is 0 Å². The molecule has 2 atom stereocenters. The number of rotatable bonds is 4. The molecule has 102 valence electrons. The summed E-state index contributed by atoms with van der Waals surface area (Å²) < 4.78 is 0. The topological polar surface area (TPSA) is 23.6 Å². The second-order valence-corrected chi connectivity index (χ2v) is 6.95. The zero-order valence-electron chi connectivity index (χ0n) is 11.8. The second kappa shape index (κ2) is 4.61. The maximum Gasteiger partial charge on any atom is 0.127 e. The number of carbonyl (C=O) groups is 1. The lowest BCUT2D eigenvalue weighted by Gasteiger charge is -2.59. The number of hydrogen-bond acceptors (Lipinski definition) is 3. The average molecular weight is 250 g/mol. The third kappa shape index (κ3) is 2.01. The van der Waals surface area contributed by atoms with Gasteiger partial charge in [0.15, 0.2) is 0 Å². The van der Waals surface area contributed by atoms with Crippen molar-refractivity contribution < 1.29 is 4.79 Å². The van der Waals surface area contributed by atoms with Gasteiger partial charge in [-0.15, -0.1) is 0 Å². The Balaban J connectivity index is 1.61. The molecule has 3 heteroatoms. The van der Waals surface area contributed by atoms with Crippen molar-refractivity contribution in [2.24, 2.45) is 5.41 Å². The highest BCUT2D eigenvalue weighted by molar-refractivity contribution is 5.60. The standard InChI is InChI=1S/C15H26N2O/c1-12(2)16-8-13-7-14(9-16)17(13)10-15(11-18)5-3-4-6-15/h11-14H,3-10H2,1-2H3. The third-order valence-corrected chi connectivity index (χ3v) is 5.45. The first-order valence-electron chi connectivity index (χ1n) is 7.60. The third-order valence-electron chi connectivity index (χ3n) is 5.45. The van der Waals surface area contributed by atoms with E-state index in [9.17, 15) is 4.79 Å². The van der Waals surface area contributed by atoms with Gasteiger partial charge in [0.2, 0.25) is 0 Å². The van der Waals surface area contributed by atoms with E-state index in [1.165, 1.54) is 38.6 Å². The Labute approximate surface area is 111 Å². The second-order valence-electron chi connectivity index (χ2n) is 6.95. The van der Waals surface area contributed by atoms with Crippen LogP contribution in [0.1, 0.15) is 46.0 Å². The van der Waals surface area contributed by atoms with E-state index in [-0.39, 0.29) is 5.41 Å². The lowest BCUT2D eigenvalue weighted by Crippen LogP contribution is -2.70. The molecule has 4 rings (SSSR count). The summed E-state index contributed by atoms with van der Waals surface area (Å²) in [5, 5.41) is 0. The molecule has 0 amide bonds. The van der Waals surface area contributed by atoms with Crippen molar-refractivity contribution in [3.8, 4) is 0 Å². The molecule has 0 N–H and O–H groups in total. The van der Waals surface area contributed by atoms with Gasteiger partial charge < -0.3 is 4.79 Å². The van der Waals surface area contributed by atoms with E-state index < -0.39 is 0 Å². The highest BCUT2D eigenvalue weighted by Crippen LogP contribution is 2.42. The van der Waals surface area contributed by atoms with Gasteiger partial charge in [-0.1, -0.05) is 12.8 Å². The summed E-state index contributed by atoms with van der Waals surface area (Å²) in [5.74, 6) is 0. The molecule has 0 aromatic carbocycles. The Morgan fingerprint density at radius 3 is 2.33 bits per heavy atom. The molecule has 3 heterocycles. The molecule has 4 aliphatic rings. The highest BCUT2D eigenvalue weighted by Gasteiger charge is 2.48. The predicted octanol–water partition coefficient (Wildman–Crippen LogP) is 1.91. The number of nitrogens with zero attached hydrogens (tertiary/aromatic N) is 2. The van der Waals surface area contributed by atoms with Gasteiger partial charge in [0.05, 0.1) is 0 Å². The Kier molecular flexibility index (Phi) is 3.23. The van der Waals surface area contributed by atoms with Gasteiger partial charge in [-0.05, 0) is 33.1 Å². The number of piperidine rings is 1. The number of piperazine rings is 1. The zero-order valence-corrected chi connectivity index (χ0v) is 11.8. The Hall–Kier alpha value is -0.410. The number of carbonyl (C=O) groups excluding carboxylic acids is 1. The molecule has 1 saturated carbocycles. The van der Waals surface area contributed by atoms with Gasteiger partial charge in [-0.2, -0.15) is 0 Å². The van der Waals surface area contributed by atoms with Crippen LogP contribution >= 0.6 is 0 Å². The first-order valence-corrected chi connectivity index (χ1v) is 7.60. The summed E-state index contributed by atoms with van der Waals surface area (Å²) in [6, 6.07) is 2.12. The molecule has 0 aromatic rings. The van der Waals surface area contributed by atoms with Crippen LogP contribution in [-0.2, 0) is 4.79 Å². The maximum absolute atomic E-state index is 11.5. The van der Waals surface area contributed by atoms with Crippen molar-refractivity contribution in [2.75, 3.05) is 19.6 Å². The van der Waals surface area contributed by atoms with Crippen LogP contribution in [-0.4, -0.2) is 53.8 Å². The van der Waals surface area contributed by atoms with E-state index in [2.05, 4.69) is 23.6 Å². The van der Waals surface area contributed by atoms with E-state index in [1.807, 2.05) is 0 Å². The van der Waals surface area contributed by atoms with Crippen molar-refractivity contribution in [1.82, 2.24) is 9.80 Å². The summed E-state index contributed by atoms with van der Waals surface area (Å²) in [6.07, 6.45) is 7.38. The minimum atomic E-state index is 0.0108. The fraction of sp³-hybridized carbons (Fsp3) is 0.933. The monoisotopic (exact) mass is 250 g/mol. The van der Waals surface area contributed by atoms with Crippen molar-refractivity contribution in [1.29, 1.82) is 0 Å². The van der Waals surface area contributed by atoms with Gasteiger partial charge in [-0.3, -0.25) is 9.80 Å². The summed E-state index contributed by atoms with van der Waals surface area (Å²) in [5.41, 5.74) is 0.0108. The molecule has 0 spiro atoms. The Bertz CT molecular complexity index is 310. The first-order chi connectivity index (χ1) is 8.63. The molecule has 2 bridgehead atoms. The van der Waals surface area contributed by atoms with E-state index in [0.29, 0.717) is 6.04 Å².